The van der Waals surface area contributed by atoms with Gasteiger partial charge in [0.05, 0.1) is 17.0 Å². The predicted molar refractivity (Wildman–Crippen MR) is 77.9 cm³/mol. The Morgan fingerprint density at radius 3 is 2.76 bits per heavy atom. The van der Waals surface area contributed by atoms with E-state index in [1.165, 1.54) is 16.8 Å². The quantitative estimate of drug-likeness (QED) is 0.841. The highest BCUT2D eigenvalue weighted by Gasteiger charge is 2.39. The molecule has 2 rings (SSSR count). The third-order valence-electron chi connectivity index (χ3n) is 3.45. The van der Waals surface area contributed by atoms with Gasteiger partial charge in [-0.25, -0.2) is 13.1 Å². The van der Waals surface area contributed by atoms with Crippen molar-refractivity contribution in [3.8, 4) is 0 Å². The summed E-state index contributed by atoms with van der Waals surface area (Å²) in [4.78, 5) is 23.8. The molecule has 2 heterocycles. The molecular weight excluding hydrogens is 294 g/mol. The first-order chi connectivity index (χ1) is 9.75. The summed E-state index contributed by atoms with van der Waals surface area (Å²) in [7, 11) is -3.10. The Labute approximate surface area is 123 Å². The van der Waals surface area contributed by atoms with Crippen LogP contribution < -0.4 is 10.9 Å². The number of hydrogen-bond acceptors (Lipinski definition) is 5. The van der Waals surface area contributed by atoms with Gasteiger partial charge in [-0.15, -0.1) is 0 Å². The summed E-state index contributed by atoms with van der Waals surface area (Å²) in [5.74, 6) is -0.452. The van der Waals surface area contributed by atoms with E-state index in [0.29, 0.717) is 13.0 Å². The zero-order chi connectivity index (χ0) is 15.7. The molecule has 0 radical (unpaired) electrons. The lowest BCUT2D eigenvalue weighted by Crippen LogP contribution is -2.47. The molecule has 1 atom stereocenters. The average Bonchev–Trinajstić information content (AvgIpc) is 2.66. The smallest absolute Gasteiger partial charge is 0.272 e. The highest BCUT2D eigenvalue weighted by molar-refractivity contribution is 7.91. The van der Waals surface area contributed by atoms with E-state index in [1.54, 1.807) is 6.92 Å². The van der Waals surface area contributed by atoms with E-state index in [1.807, 2.05) is 6.92 Å². The largest absolute Gasteiger partial charge is 0.344 e. The molecule has 1 saturated heterocycles. The number of nitrogens with one attached hydrogen (secondary N) is 1. The van der Waals surface area contributed by atoms with Crippen LogP contribution in [0.25, 0.3) is 0 Å². The lowest BCUT2D eigenvalue weighted by atomic mass is 10.0. The lowest BCUT2D eigenvalue weighted by Gasteiger charge is -2.23. The van der Waals surface area contributed by atoms with Crippen molar-refractivity contribution in [2.24, 2.45) is 0 Å². The SMILES string of the molecule is CCCn1nc(C(=O)N[C@]2(C)CCS(=O)(=O)C2)ccc1=O. The summed E-state index contributed by atoms with van der Waals surface area (Å²) in [5.41, 5.74) is -0.916. The number of nitrogens with zero attached hydrogens (tertiary/aromatic N) is 2. The molecular formula is C13H19N3O4S. The van der Waals surface area contributed by atoms with Crippen LogP contribution in [0.4, 0.5) is 0 Å². The average molecular weight is 313 g/mol. The highest BCUT2D eigenvalue weighted by atomic mass is 32.2. The molecule has 0 bridgehead atoms. The molecule has 8 heteroatoms. The maximum atomic E-state index is 12.2. The highest BCUT2D eigenvalue weighted by Crippen LogP contribution is 2.23. The number of carbonyl (C=O) groups excluding carboxylic acids is 1. The molecule has 0 aliphatic carbocycles. The summed E-state index contributed by atoms with van der Waals surface area (Å²) in [6, 6.07) is 2.65. The van der Waals surface area contributed by atoms with Gasteiger partial charge in [0, 0.05) is 12.6 Å². The van der Waals surface area contributed by atoms with Gasteiger partial charge in [0.25, 0.3) is 11.5 Å². The van der Waals surface area contributed by atoms with E-state index in [-0.39, 0.29) is 22.8 Å². The first kappa shape index (κ1) is 15.7. The van der Waals surface area contributed by atoms with E-state index in [2.05, 4.69) is 10.4 Å². The van der Waals surface area contributed by atoms with Gasteiger partial charge in [-0.1, -0.05) is 6.92 Å². The predicted octanol–water partition coefficient (Wildman–Crippen LogP) is -0.0397. The zero-order valence-electron chi connectivity index (χ0n) is 12.1. The minimum Gasteiger partial charge on any atom is -0.344 e. The fourth-order valence-electron chi connectivity index (χ4n) is 2.39. The monoisotopic (exact) mass is 313 g/mol. The Kier molecular flexibility index (Phi) is 4.18. The van der Waals surface area contributed by atoms with Gasteiger partial charge in [0.1, 0.15) is 5.69 Å². The standard InChI is InChI=1S/C13H19N3O4S/c1-3-7-16-11(17)5-4-10(15-16)12(18)14-13(2)6-8-21(19,20)9-13/h4-5H,3,6-9H2,1-2H3,(H,14,18)/t13-/m1/s1. The van der Waals surface area contributed by atoms with E-state index in [0.717, 1.165) is 6.42 Å². The molecule has 116 valence electrons. The van der Waals surface area contributed by atoms with Crippen LogP contribution in [0.3, 0.4) is 0 Å². The molecule has 0 spiro atoms. The molecule has 1 aliphatic rings. The Bertz CT molecular complexity index is 710. The first-order valence-electron chi connectivity index (χ1n) is 6.86. The molecule has 0 unspecified atom stereocenters. The van der Waals surface area contributed by atoms with Gasteiger partial charge in [0.15, 0.2) is 9.84 Å². The molecule has 1 aromatic heterocycles. The number of amides is 1. The second kappa shape index (κ2) is 5.59. The van der Waals surface area contributed by atoms with Crippen molar-refractivity contribution >= 4 is 15.7 Å². The van der Waals surface area contributed by atoms with Crippen LogP contribution in [0.1, 0.15) is 37.2 Å². The van der Waals surface area contributed by atoms with Crippen LogP contribution in [0, 0.1) is 0 Å². The van der Waals surface area contributed by atoms with Gasteiger partial charge in [-0.05, 0) is 25.8 Å². The third kappa shape index (κ3) is 3.69. The molecule has 21 heavy (non-hydrogen) atoms. The summed E-state index contributed by atoms with van der Waals surface area (Å²) in [6.07, 6.45) is 1.11. The number of aromatic nitrogens is 2. The van der Waals surface area contributed by atoms with Crippen molar-refractivity contribution in [2.45, 2.75) is 38.8 Å². The van der Waals surface area contributed by atoms with E-state index < -0.39 is 21.3 Å². The second-order valence-corrected chi connectivity index (χ2v) is 7.82. The molecule has 0 saturated carbocycles. The number of rotatable bonds is 4. The fraction of sp³-hybridized carbons (Fsp3) is 0.615. The van der Waals surface area contributed by atoms with Gasteiger partial charge in [-0.2, -0.15) is 5.10 Å². The third-order valence-corrected chi connectivity index (χ3v) is 5.36. The number of hydrogen-bond donors (Lipinski definition) is 1. The minimum absolute atomic E-state index is 0.0691. The van der Waals surface area contributed by atoms with E-state index in [4.69, 9.17) is 0 Å². The maximum Gasteiger partial charge on any atom is 0.272 e. The maximum absolute atomic E-state index is 12.2. The van der Waals surface area contributed by atoms with Crippen molar-refractivity contribution in [3.63, 3.8) is 0 Å². The molecule has 1 aromatic rings. The van der Waals surface area contributed by atoms with Crippen LogP contribution in [0.5, 0.6) is 0 Å². The molecule has 1 fully saturated rings. The van der Waals surface area contributed by atoms with Crippen molar-refractivity contribution in [3.05, 3.63) is 28.2 Å². The van der Waals surface area contributed by atoms with Crippen LogP contribution >= 0.6 is 0 Å². The number of sulfone groups is 1. The normalized spacial score (nSPS) is 23.9. The van der Waals surface area contributed by atoms with Crippen molar-refractivity contribution in [1.29, 1.82) is 0 Å². The van der Waals surface area contributed by atoms with Crippen LogP contribution in [-0.2, 0) is 16.4 Å². The van der Waals surface area contributed by atoms with Gasteiger partial charge >= 0.3 is 0 Å². The molecule has 1 N–H and O–H groups in total. The summed E-state index contributed by atoms with van der Waals surface area (Å²) in [6.45, 7) is 4.05. The minimum atomic E-state index is -3.10. The Morgan fingerprint density at radius 2 is 2.19 bits per heavy atom. The van der Waals surface area contributed by atoms with Gasteiger partial charge in [0.2, 0.25) is 0 Å². The fourth-order valence-corrected chi connectivity index (χ4v) is 4.48. The van der Waals surface area contributed by atoms with Crippen molar-refractivity contribution in [1.82, 2.24) is 15.1 Å². The summed E-state index contributed by atoms with van der Waals surface area (Å²) >= 11 is 0. The Balaban J connectivity index is 2.18. The van der Waals surface area contributed by atoms with Crippen molar-refractivity contribution in [2.75, 3.05) is 11.5 Å². The topological polar surface area (TPSA) is 98.1 Å². The molecule has 1 aliphatic heterocycles. The lowest BCUT2D eigenvalue weighted by molar-refractivity contribution is 0.0907. The molecule has 1 amide bonds. The van der Waals surface area contributed by atoms with Gasteiger partial charge in [-0.3, -0.25) is 9.59 Å². The Morgan fingerprint density at radius 1 is 1.48 bits per heavy atom. The van der Waals surface area contributed by atoms with E-state index in [9.17, 15) is 18.0 Å². The van der Waals surface area contributed by atoms with Gasteiger partial charge < -0.3 is 5.32 Å². The number of carbonyl (C=O) groups is 1. The van der Waals surface area contributed by atoms with Crippen LogP contribution in [0.15, 0.2) is 16.9 Å². The zero-order valence-corrected chi connectivity index (χ0v) is 12.9. The van der Waals surface area contributed by atoms with E-state index >= 15 is 0 Å². The van der Waals surface area contributed by atoms with Crippen molar-refractivity contribution < 1.29 is 13.2 Å². The molecule has 7 nitrogen and oxygen atoms in total. The molecule has 0 aromatic carbocycles. The number of aryl methyl sites for hydroxylation is 1. The summed E-state index contributed by atoms with van der Waals surface area (Å²) < 4.78 is 24.3. The Hall–Kier alpha value is -1.70. The van der Waals surface area contributed by atoms with Crippen LogP contribution in [0.2, 0.25) is 0 Å². The van der Waals surface area contributed by atoms with Crippen LogP contribution in [-0.4, -0.2) is 41.2 Å². The second-order valence-electron chi connectivity index (χ2n) is 5.64. The first-order valence-corrected chi connectivity index (χ1v) is 8.68. The summed E-state index contributed by atoms with van der Waals surface area (Å²) in [5, 5.41) is 6.73.